The number of benzene rings is 1. The topological polar surface area (TPSA) is 40.5 Å². The van der Waals surface area contributed by atoms with Gasteiger partial charge in [-0.15, -0.1) is 0 Å². The van der Waals surface area contributed by atoms with Crippen molar-refractivity contribution in [2.45, 2.75) is 0 Å². The van der Waals surface area contributed by atoms with Crippen molar-refractivity contribution >= 4 is 12.2 Å². The lowest BCUT2D eigenvalue weighted by atomic mass is 10.1. The van der Waals surface area contributed by atoms with Crippen molar-refractivity contribution in [2.24, 2.45) is 0 Å². The smallest absolute Gasteiger partial charge is 0.0615 e. The maximum absolute atomic E-state index is 8.60. The summed E-state index contributed by atoms with van der Waals surface area (Å²) in [5.74, 6) is 0. The minimum absolute atomic E-state index is 0.0523. The zero-order chi connectivity index (χ0) is 10.2. The molecule has 1 aromatic rings. The Morgan fingerprint density at radius 3 is 1.86 bits per heavy atom. The molecule has 2 heteroatoms. The third kappa shape index (κ3) is 3.56. The van der Waals surface area contributed by atoms with E-state index < -0.39 is 0 Å². The van der Waals surface area contributed by atoms with Gasteiger partial charge < -0.3 is 10.2 Å². The quantitative estimate of drug-likeness (QED) is 0.758. The molecule has 1 aromatic carbocycles. The summed E-state index contributed by atoms with van der Waals surface area (Å²) in [7, 11) is 0. The van der Waals surface area contributed by atoms with Gasteiger partial charge in [-0.2, -0.15) is 0 Å². The van der Waals surface area contributed by atoms with Crippen LogP contribution in [0, 0.1) is 0 Å². The van der Waals surface area contributed by atoms with Gasteiger partial charge in [-0.1, -0.05) is 42.5 Å². The van der Waals surface area contributed by atoms with Gasteiger partial charge in [0.25, 0.3) is 0 Å². The standard InChI is InChI=1S/C12H14O2/c13-8-2-6-11-4-1-5-12(10-11)7-3-9-14/h1-7,10,13-14H,8-9H2/b6-2+,7-3+. The summed E-state index contributed by atoms with van der Waals surface area (Å²) in [6.45, 7) is 0.105. The lowest BCUT2D eigenvalue weighted by Crippen LogP contribution is -1.78. The predicted molar refractivity (Wildman–Crippen MR) is 58.7 cm³/mol. The molecule has 0 atom stereocenters. The largest absolute Gasteiger partial charge is 0.392 e. The molecule has 2 nitrogen and oxygen atoms in total. The molecule has 74 valence electrons. The Hall–Kier alpha value is -1.38. The molecule has 0 aliphatic heterocycles. The van der Waals surface area contributed by atoms with E-state index in [1.165, 1.54) is 0 Å². The van der Waals surface area contributed by atoms with Crippen molar-refractivity contribution in [1.29, 1.82) is 0 Å². The van der Waals surface area contributed by atoms with E-state index in [0.717, 1.165) is 11.1 Å². The molecular weight excluding hydrogens is 176 g/mol. The first-order chi connectivity index (χ1) is 6.86. The first-order valence-electron chi connectivity index (χ1n) is 4.51. The summed E-state index contributed by atoms with van der Waals surface area (Å²) in [4.78, 5) is 0. The summed E-state index contributed by atoms with van der Waals surface area (Å²) in [5.41, 5.74) is 2.08. The van der Waals surface area contributed by atoms with Crippen LogP contribution in [0.5, 0.6) is 0 Å². The van der Waals surface area contributed by atoms with Gasteiger partial charge in [0.1, 0.15) is 0 Å². The first kappa shape index (κ1) is 10.7. The molecule has 1 rings (SSSR count). The van der Waals surface area contributed by atoms with Gasteiger partial charge in [-0.05, 0) is 17.2 Å². The maximum atomic E-state index is 8.60. The average molecular weight is 190 g/mol. The van der Waals surface area contributed by atoms with Crippen molar-refractivity contribution in [3.05, 3.63) is 47.5 Å². The SMILES string of the molecule is OC/C=C/c1cccc(/C=C/CO)c1. The molecule has 2 N–H and O–H groups in total. The summed E-state index contributed by atoms with van der Waals surface area (Å²) in [6.07, 6.45) is 7.09. The molecule has 0 aliphatic rings. The van der Waals surface area contributed by atoms with Gasteiger partial charge in [0.05, 0.1) is 13.2 Å². The minimum Gasteiger partial charge on any atom is -0.392 e. The van der Waals surface area contributed by atoms with Crippen molar-refractivity contribution in [3.8, 4) is 0 Å². The third-order valence-corrected chi connectivity index (χ3v) is 1.74. The van der Waals surface area contributed by atoms with Crippen LogP contribution >= 0.6 is 0 Å². The van der Waals surface area contributed by atoms with Crippen LogP contribution < -0.4 is 0 Å². The van der Waals surface area contributed by atoms with Crippen molar-refractivity contribution in [3.63, 3.8) is 0 Å². The zero-order valence-corrected chi connectivity index (χ0v) is 7.93. The van der Waals surface area contributed by atoms with Crippen LogP contribution in [0.3, 0.4) is 0 Å². The molecule has 0 amide bonds. The van der Waals surface area contributed by atoms with Crippen LogP contribution in [0.2, 0.25) is 0 Å². The zero-order valence-electron chi connectivity index (χ0n) is 7.93. The van der Waals surface area contributed by atoms with Crippen molar-refractivity contribution < 1.29 is 10.2 Å². The fourth-order valence-corrected chi connectivity index (χ4v) is 1.14. The highest BCUT2D eigenvalue weighted by Gasteiger charge is 1.88. The van der Waals surface area contributed by atoms with Crippen LogP contribution in [0.15, 0.2) is 36.4 Å². The van der Waals surface area contributed by atoms with E-state index in [1.54, 1.807) is 12.2 Å². The number of aliphatic hydroxyl groups excluding tert-OH is 2. The fraction of sp³-hybridized carbons (Fsp3) is 0.167. The second kappa shape index (κ2) is 6.13. The molecule has 0 bridgehead atoms. The van der Waals surface area contributed by atoms with E-state index in [2.05, 4.69) is 0 Å². The van der Waals surface area contributed by atoms with Crippen LogP contribution in [-0.4, -0.2) is 23.4 Å². The minimum atomic E-state index is 0.0523. The summed E-state index contributed by atoms with van der Waals surface area (Å²) < 4.78 is 0. The van der Waals surface area contributed by atoms with Gasteiger partial charge >= 0.3 is 0 Å². The second-order valence-corrected chi connectivity index (χ2v) is 2.84. The average Bonchev–Trinajstić information content (AvgIpc) is 2.24. The molecule has 0 fully saturated rings. The Morgan fingerprint density at radius 2 is 1.43 bits per heavy atom. The molecule has 0 unspecified atom stereocenters. The molecule has 0 saturated carbocycles. The van der Waals surface area contributed by atoms with E-state index in [9.17, 15) is 0 Å². The second-order valence-electron chi connectivity index (χ2n) is 2.84. The van der Waals surface area contributed by atoms with Gasteiger partial charge in [0.2, 0.25) is 0 Å². The normalized spacial score (nSPS) is 11.6. The Morgan fingerprint density at radius 1 is 0.929 bits per heavy atom. The molecule has 14 heavy (non-hydrogen) atoms. The molecule has 0 radical (unpaired) electrons. The van der Waals surface area contributed by atoms with E-state index in [0.29, 0.717) is 0 Å². The van der Waals surface area contributed by atoms with E-state index in [1.807, 2.05) is 36.4 Å². The molecule has 0 saturated heterocycles. The van der Waals surface area contributed by atoms with Crippen LogP contribution in [0.25, 0.3) is 12.2 Å². The molecule has 0 aliphatic carbocycles. The summed E-state index contributed by atoms with van der Waals surface area (Å²) in [6, 6.07) is 7.84. The van der Waals surface area contributed by atoms with E-state index >= 15 is 0 Å². The highest BCUT2D eigenvalue weighted by atomic mass is 16.3. The predicted octanol–water partition coefficient (Wildman–Crippen LogP) is 1.70. The van der Waals surface area contributed by atoms with Gasteiger partial charge in [0.15, 0.2) is 0 Å². The molecule has 0 aromatic heterocycles. The maximum Gasteiger partial charge on any atom is 0.0615 e. The number of rotatable bonds is 4. The highest BCUT2D eigenvalue weighted by molar-refractivity contribution is 5.57. The lowest BCUT2D eigenvalue weighted by Gasteiger charge is -1.96. The highest BCUT2D eigenvalue weighted by Crippen LogP contribution is 2.08. The molecular formula is C12H14O2. The molecule has 0 spiro atoms. The van der Waals surface area contributed by atoms with Crippen LogP contribution in [0.4, 0.5) is 0 Å². The number of hydrogen-bond acceptors (Lipinski definition) is 2. The Balaban J connectivity index is 2.78. The number of hydrogen-bond donors (Lipinski definition) is 2. The Kier molecular flexibility index (Phi) is 4.69. The van der Waals surface area contributed by atoms with Crippen molar-refractivity contribution in [2.75, 3.05) is 13.2 Å². The monoisotopic (exact) mass is 190 g/mol. The Labute approximate surface area is 83.8 Å². The molecule has 0 heterocycles. The van der Waals surface area contributed by atoms with Crippen LogP contribution in [0.1, 0.15) is 11.1 Å². The van der Waals surface area contributed by atoms with E-state index in [-0.39, 0.29) is 13.2 Å². The van der Waals surface area contributed by atoms with E-state index in [4.69, 9.17) is 10.2 Å². The van der Waals surface area contributed by atoms with Crippen LogP contribution in [-0.2, 0) is 0 Å². The van der Waals surface area contributed by atoms with Crippen molar-refractivity contribution in [1.82, 2.24) is 0 Å². The van der Waals surface area contributed by atoms with Gasteiger partial charge in [-0.3, -0.25) is 0 Å². The van der Waals surface area contributed by atoms with Gasteiger partial charge in [-0.25, -0.2) is 0 Å². The summed E-state index contributed by atoms with van der Waals surface area (Å²) >= 11 is 0. The summed E-state index contributed by atoms with van der Waals surface area (Å²) in [5, 5.41) is 17.2. The first-order valence-corrected chi connectivity index (χ1v) is 4.51. The lowest BCUT2D eigenvalue weighted by molar-refractivity contribution is 0.343. The third-order valence-electron chi connectivity index (χ3n) is 1.74. The number of aliphatic hydroxyl groups is 2. The fourth-order valence-electron chi connectivity index (χ4n) is 1.14. The Bertz CT molecular complexity index is 298. The van der Waals surface area contributed by atoms with Gasteiger partial charge in [0, 0.05) is 0 Å².